The van der Waals surface area contributed by atoms with Crippen LogP contribution in [-0.2, 0) is 9.59 Å². The number of ether oxygens (including phenoxy) is 1. The van der Waals surface area contributed by atoms with Crippen LogP contribution in [0.25, 0.3) is 0 Å². The highest BCUT2D eigenvalue weighted by Crippen LogP contribution is 2.11. The number of carbonyl (C=O) groups excluding carboxylic acids is 1. The lowest BCUT2D eigenvalue weighted by atomic mass is 10.2. The van der Waals surface area contributed by atoms with Crippen LogP contribution >= 0.6 is 0 Å². The van der Waals surface area contributed by atoms with Crippen LogP contribution in [0.4, 0.5) is 0 Å². The van der Waals surface area contributed by atoms with Gasteiger partial charge in [-0.1, -0.05) is 12.1 Å². The highest BCUT2D eigenvalue weighted by atomic mass is 16.5. The molecular weight excluding hydrogens is 234 g/mol. The van der Waals surface area contributed by atoms with Crippen molar-refractivity contribution in [2.45, 2.75) is 19.8 Å². The van der Waals surface area contributed by atoms with E-state index in [1.807, 2.05) is 31.2 Å². The molecule has 1 aromatic rings. The van der Waals surface area contributed by atoms with Crippen LogP contribution in [0, 0.1) is 6.92 Å². The molecule has 0 saturated carbocycles. The van der Waals surface area contributed by atoms with Crippen molar-refractivity contribution in [1.29, 1.82) is 0 Å². The van der Waals surface area contributed by atoms with E-state index in [1.54, 1.807) is 0 Å². The molecule has 0 saturated heterocycles. The van der Waals surface area contributed by atoms with Crippen molar-refractivity contribution in [2.24, 2.45) is 0 Å². The topological polar surface area (TPSA) is 75.6 Å². The van der Waals surface area contributed by atoms with Gasteiger partial charge in [0.05, 0.1) is 13.0 Å². The molecule has 5 heteroatoms. The van der Waals surface area contributed by atoms with Gasteiger partial charge in [0.2, 0.25) is 5.91 Å². The smallest absolute Gasteiger partial charge is 0.303 e. The molecule has 18 heavy (non-hydrogen) atoms. The van der Waals surface area contributed by atoms with E-state index in [9.17, 15) is 9.59 Å². The number of benzene rings is 1. The predicted octanol–water partition coefficient (Wildman–Crippen LogP) is 1.35. The van der Waals surface area contributed by atoms with E-state index in [4.69, 9.17) is 9.84 Å². The average Bonchev–Trinajstić information content (AvgIpc) is 2.32. The molecule has 0 radical (unpaired) electrons. The normalized spacial score (nSPS) is 9.83. The Kier molecular flexibility index (Phi) is 5.70. The van der Waals surface area contributed by atoms with Crippen molar-refractivity contribution in [3.63, 3.8) is 0 Å². The van der Waals surface area contributed by atoms with Crippen molar-refractivity contribution in [2.75, 3.05) is 13.2 Å². The first kappa shape index (κ1) is 14.0. The Hall–Kier alpha value is -2.04. The van der Waals surface area contributed by atoms with E-state index in [-0.39, 0.29) is 18.7 Å². The fraction of sp³-hybridized carbons (Fsp3) is 0.385. The first-order valence-electron chi connectivity index (χ1n) is 5.76. The standard InChI is InChI=1S/C13H17NO4/c1-10-3-2-4-11(9-10)18-8-7-14-12(15)5-6-13(16)17/h2-4,9H,5-8H2,1H3,(H,14,15)(H,16,17). The zero-order chi connectivity index (χ0) is 13.4. The molecule has 1 rings (SSSR count). The molecule has 1 aromatic carbocycles. The minimum absolute atomic E-state index is 0.000220. The van der Waals surface area contributed by atoms with Crippen LogP contribution in [0.3, 0.4) is 0 Å². The summed E-state index contributed by atoms with van der Waals surface area (Å²) in [6, 6.07) is 7.63. The lowest BCUT2D eigenvalue weighted by Gasteiger charge is -2.07. The second kappa shape index (κ2) is 7.32. The average molecular weight is 251 g/mol. The molecule has 0 atom stereocenters. The third-order valence-electron chi connectivity index (χ3n) is 2.25. The third kappa shape index (κ3) is 5.89. The van der Waals surface area contributed by atoms with Crippen molar-refractivity contribution < 1.29 is 19.4 Å². The number of hydrogen-bond acceptors (Lipinski definition) is 3. The number of aliphatic carboxylic acids is 1. The maximum atomic E-state index is 11.2. The van der Waals surface area contributed by atoms with E-state index >= 15 is 0 Å². The summed E-state index contributed by atoms with van der Waals surface area (Å²) >= 11 is 0. The van der Waals surface area contributed by atoms with Crippen LogP contribution in [0.2, 0.25) is 0 Å². The summed E-state index contributed by atoms with van der Waals surface area (Å²) in [5.41, 5.74) is 1.11. The summed E-state index contributed by atoms with van der Waals surface area (Å²) in [5, 5.41) is 11.0. The van der Waals surface area contributed by atoms with Crippen LogP contribution in [0.15, 0.2) is 24.3 Å². The lowest BCUT2D eigenvalue weighted by molar-refractivity contribution is -0.138. The Bertz CT molecular complexity index is 417. The molecule has 5 nitrogen and oxygen atoms in total. The van der Waals surface area contributed by atoms with Gasteiger partial charge in [0.25, 0.3) is 0 Å². The maximum Gasteiger partial charge on any atom is 0.303 e. The van der Waals surface area contributed by atoms with Gasteiger partial charge in [-0.15, -0.1) is 0 Å². The monoisotopic (exact) mass is 251 g/mol. The number of carboxylic acids is 1. The number of amides is 1. The molecule has 0 spiro atoms. The van der Waals surface area contributed by atoms with Gasteiger partial charge in [-0.25, -0.2) is 0 Å². The van der Waals surface area contributed by atoms with E-state index in [2.05, 4.69) is 5.32 Å². The van der Waals surface area contributed by atoms with Gasteiger partial charge in [-0.2, -0.15) is 0 Å². The highest BCUT2D eigenvalue weighted by Gasteiger charge is 2.04. The number of rotatable bonds is 7. The van der Waals surface area contributed by atoms with Crippen LogP contribution < -0.4 is 10.1 Å². The molecule has 0 aliphatic carbocycles. The first-order chi connectivity index (χ1) is 8.58. The maximum absolute atomic E-state index is 11.2. The van der Waals surface area contributed by atoms with Gasteiger partial charge in [0.1, 0.15) is 12.4 Å². The second-order valence-corrected chi connectivity index (χ2v) is 3.91. The molecule has 1 amide bonds. The van der Waals surface area contributed by atoms with Gasteiger partial charge >= 0.3 is 5.97 Å². The van der Waals surface area contributed by atoms with E-state index < -0.39 is 5.97 Å². The minimum atomic E-state index is -0.971. The third-order valence-corrected chi connectivity index (χ3v) is 2.25. The summed E-state index contributed by atoms with van der Waals surface area (Å²) in [4.78, 5) is 21.4. The molecule has 0 aromatic heterocycles. The molecule has 0 fully saturated rings. The van der Waals surface area contributed by atoms with Crippen molar-refractivity contribution in [3.05, 3.63) is 29.8 Å². The Morgan fingerprint density at radius 2 is 2.11 bits per heavy atom. The predicted molar refractivity (Wildman–Crippen MR) is 66.6 cm³/mol. The van der Waals surface area contributed by atoms with Crippen LogP contribution in [0.1, 0.15) is 18.4 Å². The Balaban J connectivity index is 2.15. The quantitative estimate of drug-likeness (QED) is 0.717. The SMILES string of the molecule is Cc1cccc(OCCNC(=O)CCC(=O)O)c1. The van der Waals surface area contributed by atoms with Crippen molar-refractivity contribution >= 4 is 11.9 Å². The minimum Gasteiger partial charge on any atom is -0.492 e. The Labute approximate surface area is 106 Å². The molecule has 0 aliphatic heterocycles. The Morgan fingerprint density at radius 3 is 2.78 bits per heavy atom. The zero-order valence-electron chi connectivity index (χ0n) is 10.3. The number of aryl methyl sites for hydroxylation is 1. The van der Waals surface area contributed by atoms with Gasteiger partial charge in [-0.05, 0) is 24.6 Å². The first-order valence-corrected chi connectivity index (χ1v) is 5.76. The summed E-state index contributed by atoms with van der Waals surface area (Å²) in [5.74, 6) is -0.485. The van der Waals surface area contributed by atoms with E-state index in [0.29, 0.717) is 13.2 Å². The summed E-state index contributed by atoms with van der Waals surface area (Å²) in [7, 11) is 0. The van der Waals surface area contributed by atoms with Gasteiger partial charge in [0, 0.05) is 6.42 Å². The Morgan fingerprint density at radius 1 is 1.33 bits per heavy atom. The molecule has 0 heterocycles. The summed E-state index contributed by atoms with van der Waals surface area (Å²) in [6.07, 6.45) is -0.148. The van der Waals surface area contributed by atoms with Gasteiger partial charge in [0.15, 0.2) is 0 Å². The molecule has 2 N–H and O–H groups in total. The van der Waals surface area contributed by atoms with Crippen molar-refractivity contribution in [1.82, 2.24) is 5.32 Å². The van der Waals surface area contributed by atoms with Crippen molar-refractivity contribution in [3.8, 4) is 5.75 Å². The second-order valence-electron chi connectivity index (χ2n) is 3.91. The summed E-state index contributed by atoms with van der Waals surface area (Å²) in [6.45, 7) is 2.70. The number of nitrogens with one attached hydrogen (secondary N) is 1. The molecule has 0 unspecified atom stereocenters. The molecule has 98 valence electrons. The lowest BCUT2D eigenvalue weighted by Crippen LogP contribution is -2.28. The van der Waals surface area contributed by atoms with E-state index in [1.165, 1.54) is 0 Å². The van der Waals surface area contributed by atoms with Gasteiger partial charge < -0.3 is 15.2 Å². The molecule has 0 bridgehead atoms. The molecular formula is C13H17NO4. The fourth-order valence-electron chi connectivity index (χ4n) is 1.37. The fourth-order valence-corrected chi connectivity index (χ4v) is 1.37. The van der Waals surface area contributed by atoms with E-state index in [0.717, 1.165) is 11.3 Å². The van der Waals surface area contributed by atoms with Crippen LogP contribution in [0.5, 0.6) is 5.75 Å². The highest BCUT2D eigenvalue weighted by molar-refractivity contribution is 5.80. The van der Waals surface area contributed by atoms with Gasteiger partial charge in [-0.3, -0.25) is 9.59 Å². The number of hydrogen-bond donors (Lipinski definition) is 2. The number of carboxylic acid groups (broad SMARTS) is 1. The largest absolute Gasteiger partial charge is 0.492 e. The molecule has 0 aliphatic rings. The van der Waals surface area contributed by atoms with Crippen LogP contribution in [-0.4, -0.2) is 30.1 Å². The summed E-state index contributed by atoms with van der Waals surface area (Å²) < 4.78 is 5.43. The zero-order valence-corrected chi connectivity index (χ0v) is 10.3. The number of carbonyl (C=O) groups is 2.